The van der Waals surface area contributed by atoms with Crippen LogP contribution in [0.2, 0.25) is 0 Å². The summed E-state index contributed by atoms with van der Waals surface area (Å²) in [5.41, 5.74) is 1.25. The van der Waals surface area contributed by atoms with Gasteiger partial charge in [0, 0.05) is 37.7 Å². The van der Waals surface area contributed by atoms with Gasteiger partial charge in [-0.2, -0.15) is 16.9 Å². The van der Waals surface area contributed by atoms with E-state index in [1.165, 1.54) is 0 Å². The average Bonchev–Trinajstić information content (AvgIpc) is 3.41. The van der Waals surface area contributed by atoms with Crippen molar-refractivity contribution >= 4 is 23.6 Å². The highest BCUT2D eigenvalue weighted by atomic mass is 32.2. The number of nitrogens with zero attached hydrogens (tertiary/aromatic N) is 3. The van der Waals surface area contributed by atoms with E-state index in [0.717, 1.165) is 5.75 Å². The van der Waals surface area contributed by atoms with Crippen molar-refractivity contribution in [2.45, 2.75) is 24.7 Å². The van der Waals surface area contributed by atoms with Crippen molar-refractivity contribution in [1.29, 1.82) is 0 Å². The first-order valence-corrected chi connectivity index (χ1v) is 11.4. The Bertz CT molecular complexity index is 860. The van der Waals surface area contributed by atoms with Crippen LogP contribution in [0.5, 0.6) is 0 Å². The number of hydrogen-bond acceptors (Lipinski definition) is 6. The van der Waals surface area contributed by atoms with Crippen molar-refractivity contribution in [3.05, 3.63) is 48.3 Å². The lowest BCUT2D eigenvalue weighted by molar-refractivity contribution is -0.130. The first-order chi connectivity index (χ1) is 14.7. The van der Waals surface area contributed by atoms with Gasteiger partial charge >= 0.3 is 0 Å². The number of thioether (sulfide) groups is 1. The summed E-state index contributed by atoms with van der Waals surface area (Å²) in [7, 11) is 0. The predicted octanol–water partition coefficient (Wildman–Crippen LogP) is 1.35. The van der Waals surface area contributed by atoms with E-state index in [2.05, 4.69) is 10.4 Å². The summed E-state index contributed by atoms with van der Waals surface area (Å²) < 4.78 is 13.7. The number of aromatic nitrogens is 2. The van der Waals surface area contributed by atoms with Crippen LogP contribution in [0.1, 0.15) is 16.8 Å². The van der Waals surface area contributed by atoms with Crippen LogP contribution in [0, 0.1) is 0 Å². The van der Waals surface area contributed by atoms with Crippen molar-refractivity contribution in [3.8, 4) is 5.69 Å². The van der Waals surface area contributed by atoms with Gasteiger partial charge in [-0.25, -0.2) is 4.68 Å². The number of nitrogens with one attached hydrogen (secondary N) is 1. The molecule has 2 saturated heterocycles. The van der Waals surface area contributed by atoms with Crippen LogP contribution in [-0.2, 0) is 14.3 Å². The maximum atomic E-state index is 12.9. The van der Waals surface area contributed by atoms with Crippen molar-refractivity contribution in [1.82, 2.24) is 20.0 Å². The summed E-state index contributed by atoms with van der Waals surface area (Å²) in [6.07, 6.45) is 5.71. The largest absolute Gasteiger partial charge is 0.371 e. The number of hydrogen-bond donors (Lipinski definition) is 1. The zero-order valence-electron chi connectivity index (χ0n) is 16.9. The van der Waals surface area contributed by atoms with Crippen molar-refractivity contribution in [2.75, 3.05) is 38.3 Å². The Balaban J connectivity index is 1.34. The Labute approximate surface area is 179 Å². The first-order valence-electron chi connectivity index (χ1n) is 10.1. The summed E-state index contributed by atoms with van der Waals surface area (Å²) in [4.78, 5) is 27.0. The maximum Gasteiger partial charge on any atom is 0.253 e. The molecule has 0 radical (unpaired) electrons. The third-order valence-corrected chi connectivity index (χ3v) is 5.96. The van der Waals surface area contributed by atoms with Gasteiger partial charge in [0.05, 0.1) is 30.5 Å². The highest BCUT2D eigenvalue weighted by Crippen LogP contribution is 2.21. The Morgan fingerprint density at radius 1 is 1.17 bits per heavy atom. The second-order valence-corrected chi connectivity index (χ2v) is 8.41. The molecule has 1 aromatic heterocycles. The van der Waals surface area contributed by atoms with E-state index in [0.29, 0.717) is 44.0 Å². The zero-order valence-corrected chi connectivity index (χ0v) is 17.7. The van der Waals surface area contributed by atoms with E-state index >= 15 is 0 Å². The number of para-hydroxylation sites is 1. The van der Waals surface area contributed by atoms with Gasteiger partial charge < -0.3 is 19.7 Å². The molecule has 0 aliphatic carbocycles. The van der Waals surface area contributed by atoms with E-state index in [1.54, 1.807) is 34.9 Å². The zero-order chi connectivity index (χ0) is 20.9. The van der Waals surface area contributed by atoms with Gasteiger partial charge in [-0.1, -0.05) is 12.1 Å². The number of benzene rings is 1. The van der Waals surface area contributed by atoms with Crippen molar-refractivity contribution in [3.63, 3.8) is 0 Å². The van der Waals surface area contributed by atoms with Gasteiger partial charge in [0.1, 0.15) is 12.2 Å². The van der Waals surface area contributed by atoms with E-state index < -0.39 is 0 Å². The molecule has 160 valence electrons. The molecule has 4 rings (SSSR count). The van der Waals surface area contributed by atoms with E-state index in [4.69, 9.17) is 9.47 Å². The Morgan fingerprint density at radius 3 is 2.57 bits per heavy atom. The molecular weight excluding hydrogens is 404 g/mol. The Kier molecular flexibility index (Phi) is 6.71. The fourth-order valence-electron chi connectivity index (χ4n) is 3.77. The second-order valence-electron chi connectivity index (χ2n) is 7.42. The minimum absolute atomic E-state index is 0.143. The molecule has 2 atom stereocenters. The van der Waals surface area contributed by atoms with Crippen LogP contribution < -0.4 is 5.32 Å². The second kappa shape index (κ2) is 9.63. The lowest BCUT2D eigenvalue weighted by Gasteiger charge is -2.20. The lowest BCUT2D eigenvalue weighted by Crippen LogP contribution is -2.41. The molecule has 2 aliphatic heterocycles. The molecule has 0 saturated carbocycles. The Morgan fingerprint density at radius 2 is 1.90 bits per heavy atom. The van der Waals surface area contributed by atoms with Crippen molar-refractivity contribution < 1.29 is 19.1 Å². The predicted molar refractivity (Wildman–Crippen MR) is 114 cm³/mol. The molecule has 2 fully saturated rings. The minimum atomic E-state index is -0.255. The summed E-state index contributed by atoms with van der Waals surface area (Å²) in [5, 5.41) is 7.24. The molecule has 0 spiro atoms. The van der Waals surface area contributed by atoms with Crippen LogP contribution in [0.3, 0.4) is 0 Å². The molecule has 1 N–H and O–H groups in total. The van der Waals surface area contributed by atoms with Gasteiger partial charge in [-0.15, -0.1) is 0 Å². The molecule has 9 heteroatoms. The summed E-state index contributed by atoms with van der Waals surface area (Å²) in [6.45, 7) is 1.79. The topological polar surface area (TPSA) is 85.7 Å². The highest BCUT2D eigenvalue weighted by Gasteiger charge is 2.39. The molecule has 2 aliphatic rings. The van der Waals surface area contributed by atoms with E-state index in [9.17, 15) is 9.59 Å². The standard InChI is InChI=1S/C21H26N4O4S/c1-30-10-7-20(26)24-11-18-19(12-24)29-14-15(13-28-18)23-21(27)16-5-2-3-6-17(16)25-9-4-8-22-25/h2-6,8-9,15,18-19H,7,10-14H2,1H3,(H,23,27)/t18-,19-/m0/s1. The van der Waals surface area contributed by atoms with Crippen LogP contribution in [-0.4, -0.2) is 83.1 Å². The van der Waals surface area contributed by atoms with Gasteiger partial charge in [0.15, 0.2) is 0 Å². The van der Waals surface area contributed by atoms with Crippen LogP contribution in [0.25, 0.3) is 5.69 Å². The fourth-order valence-corrected chi connectivity index (χ4v) is 4.14. The Hall–Kier alpha value is -2.36. The summed E-state index contributed by atoms with van der Waals surface area (Å²) >= 11 is 1.67. The smallest absolute Gasteiger partial charge is 0.253 e. The minimum Gasteiger partial charge on any atom is -0.371 e. The molecule has 3 heterocycles. The molecule has 1 aromatic carbocycles. The quantitative estimate of drug-likeness (QED) is 0.745. The summed E-state index contributed by atoms with van der Waals surface area (Å²) in [6, 6.07) is 8.89. The van der Waals surface area contributed by atoms with Gasteiger partial charge in [-0.3, -0.25) is 9.59 Å². The average molecular weight is 431 g/mol. The number of rotatable bonds is 6. The van der Waals surface area contributed by atoms with Crippen LogP contribution in [0.15, 0.2) is 42.7 Å². The van der Waals surface area contributed by atoms with Gasteiger partial charge in [0.2, 0.25) is 5.91 Å². The van der Waals surface area contributed by atoms with Gasteiger partial charge in [0.25, 0.3) is 5.91 Å². The normalized spacial score (nSPS) is 21.8. The monoisotopic (exact) mass is 430 g/mol. The molecular formula is C21H26N4O4S. The highest BCUT2D eigenvalue weighted by molar-refractivity contribution is 7.98. The fraction of sp³-hybridized carbons (Fsp3) is 0.476. The number of fused-ring (bicyclic) bond motifs is 1. The first kappa shape index (κ1) is 20.9. The number of carbonyl (C=O) groups is 2. The molecule has 30 heavy (non-hydrogen) atoms. The molecule has 8 nitrogen and oxygen atoms in total. The lowest BCUT2D eigenvalue weighted by atomic mass is 10.1. The van der Waals surface area contributed by atoms with Crippen LogP contribution in [0.4, 0.5) is 0 Å². The number of amides is 2. The molecule has 0 unspecified atom stereocenters. The van der Waals surface area contributed by atoms with E-state index in [-0.39, 0.29) is 30.1 Å². The molecule has 2 amide bonds. The third-order valence-electron chi connectivity index (χ3n) is 5.35. The summed E-state index contributed by atoms with van der Waals surface area (Å²) in [5.74, 6) is 0.768. The number of likely N-dealkylation sites (tertiary alicyclic amines) is 1. The van der Waals surface area contributed by atoms with E-state index in [1.807, 2.05) is 35.4 Å². The van der Waals surface area contributed by atoms with Crippen molar-refractivity contribution in [2.24, 2.45) is 0 Å². The maximum absolute atomic E-state index is 12.9. The molecule has 0 bridgehead atoms. The van der Waals surface area contributed by atoms with Gasteiger partial charge in [-0.05, 0) is 24.5 Å². The third kappa shape index (κ3) is 4.69. The SMILES string of the molecule is CSCCC(=O)N1C[C@@H]2OCC(NC(=O)c3ccccc3-n3cccn3)CO[C@H]2C1. The number of carbonyl (C=O) groups excluding carboxylic acids is 2. The molecule has 2 aromatic rings. The van der Waals surface area contributed by atoms with Crippen LogP contribution >= 0.6 is 11.8 Å². The number of ether oxygens (including phenoxy) is 2.